The number of para-hydroxylation sites is 1. The fourth-order valence-corrected chi connectivity index (χ4v) is 3.59. The van der Waals surface area contributed by atoms with E-state index < -0.39 is 5.82 Å². The average molecular weight is 374 g/mol. The van der Waals surface area contributed by atoms with Crippen molar-refractivity contribution in [2.45, 2.75) is 17.4 Å². The SMILES string of the molecule is CC(Sc1nnc(-c2c[nH]c3ccccc23)o1)c1ccc(F)c(Cl)c1. The lowest BCUT2D eigenvalue weighted by Crippen LogP contribution is -1.90. The Morgan fingerprint density at radius 3 is 2.88 bits per heavy atom. The van der Waals surface area contributed by atoms with Crippen molar-refractivity contribution >= 4 is 34.3 Å². The molecule has 25 heavy (non-hydrogen) atoms. The van der Waals surface area contributed by atoms with Crippen LogP contribution in [0.3, 0.4) is 0 Å². The average Bonchev–Trinajstić information content (AvgIpc) is 3.23. The number of thioether (sulfide) groups is 1. The standard InChI is InChI=1S/C18H13ClFN3OS/c1-10(11-6-7-15(20)14(19)8-11)25-18-23-22-17(24-18)13-9-21-16-5-3-2-4-12(13)16/h2-10,21H,1H3. The Hall–Kier alpha value is -2.31. The normalized spacial score (nSPS) is 12.6. The van der Waals surface area contributed by atoms with E-state index in [1.807, 2.05) is 37.4 Å². The first-order valence-electron chi connectivity index (χ1n) is 7.63. The molecule has 4 aromatic rings. The minimum Gasteiger partial charge on any atom is -0.411 e. The predicted molar refractivity (Wildman–Crippen MR) is 97.3 cm³/mol. The van der Waals surface area contributed by atoms with Crippen LogP contribution in [0.15, 0.2) is 58.3 Å². The predicted octanol–water partition coefficient (Wildman–Crippen LogP) is 5.86. The van der Waals surface area contributed by atoms with Gasteiger partial charge in [-0.1, -0.05) is 47.6 Å². The van der Waals surface area contributed by atoms with Crippen molar-refractivity contribution in [3.63, 3.8) is 0 Å². The van der Waals surface area contributed by atoms with Gasteiger partial charge in [-0.05, 0) is 30.7 Å². The van der Waals surface area contributed by atoms with Gasteiger partial charge in [0.2, 0.25) is 0 Å². The Morgan fingerprint density at radius 1 is 1.20 bits per heavy atom. The number of nitrogens with one attached hydrogen (secondary N) is 1. The number of rotatable bonds is 4. The third-order valence-electron chi connectivity index (χ3n) is 3.92. The summed E-state index contributed by atoms with van der Waals surface area (Å²) in [7, 11) is 0. The molecule has 7 heteroatoms. The van der Waals surface area contributed by atoms with Gasteiger partial charge in [-0.3, -0.25) is 0 Å². The maximum absolute atomic E-state index is 13.3. The first kappa shape index (κ1) is 16.2. The van der Waals surface area contributed by atoms with Crippen LogP contribution in [0.5, 0.6) is 0 Å². The zero-order valence-corrected chi connectivity index (χ0v) is 14.7. The topological polar surface area (TPSA) is 54.7 Å². The summed E-state index contributed by atoms with van der Waals surface area (Å²) in [5, 5.41) is 9.84. The van der Waals surface area contributed by atoms with E-state index in [0.717, 1.165) is 22.0 Å². The highest BCUT2D eigenvalue weighted by atomic mass is 35.5. The molecule has 2 heterocycles. The van der Waals surface area contributed by atoms with Crippen LogP contribution in [0.25, 0.3) is 22.4 Å². The summed E-state index contributed by atoms with van der Waals surface area (Å²) < 4.78 is 19.1. The van der Waals surface area contributed by atoms with Gasteiger partial charge in [0.1, 0.15) is 5.82 Å². The van der Waals surface area contributed by atoms with Gasteiger partial charge in [0.25, 0.3) is 11.1 Å². The van der Waals surface area contributed by atoms with Gasteiger partial charge in [-0.15, -0.1) is 10.2 Å². The van der Waals surface area contributed by atoms with Crippen LogP contribution in [-0.2, 0) is 0 Å². The summed E-state index contributed by atoms with van der Waals surface area (Å²) >= 11 is 7.25. The highest BCUT2D eigenvalue weighted by Crippen LogP contribution is 2.37. The van der Waals surface area contributed by atoms with Crippen LogP contribution >= 0.6 is 23.4 Å². The van der Waals surface area contributed by atoms with E-state index in [9.17, 15) is 4.39 Å². The molecule has 0 saturated carbocycles. The van der Waals surface area contributed by atoms with E-state index in [0.29, 0.717) is 11.1 Å². The molecule has 0 bridgehead atoms. The van der Waals surface area contributed by atoms with Gasteiger partial charge in [-0.25, -0.2) is 4.39 Å². The third-order valence-corrected chi connectivity index (χ3v) is 5.20. The Balaban J connectivity index is 1.58. The maximum atomic E-state index is 13.3. The minimum atomic E-state index is -0.429. The first-order chi connectivity index (χ1) is 12.1. The van der Waals surface area contributed by atoms with Gasteiger partial charge >= 0.3 is 0 Å². The van der Waals surface area contributed by atoms with E-state index in [-0.39, 0.29) is 10.3 Å². The molecule has 2 aromatic heterocycles. The van der Waals surface area contributed by atoms with E-state index in [2.05, 4.69) is 15.2 Å². The lowest BCUT2D eigenvalue weighted by atomic mass is 10.2. The van der Waals surface area contributed by atoms with Crippen LogP contribution in [0.1, 0.15) is 17.7 Å². The minimum absolute atomic E-state index is 0.00521. The first-order valence-corrected chi connectivity index (χ1v) is 8.89. The molecule has 0 aliphatic heterocycles. The summed E-state index contributed by atoms with van der Waals surface area (Å²) in [5.74, 6) is 0.0336. The van der Waals surface area contributed by atoms with E-state index in [4.69, 9.17) is 16.0 Å². The van der Waals surface area contributed by atoms with Gasteiger partial charge in [0, 0.05) is 22.3 Å². The number of fused-ring (bicyclic) bond motifs is 1. The number of H-pyrrole nitrogens is 1. The number of nitrogens with zero attached hydrogens (tertiary/aromatic N) is 2. The monoisotopic (exact) mass is 373 g/mol. The van der Waals surface area contributed by atoms with Crippen molar-refractivity contribution in [3.05, 3.63) is 65.1 Å². The summed E-state index contributed by atoms with van der Waals surface area (Å²) in [4.78, 5) is 3.19. The van der Waals surface area contributed by atoms with Crippen molar-refractivity contribution in [2.75, 3.05) is 0 Å². The number of hydrogen-bond donors (Lipinski definition) is 1. The van der Waals surface area contributed by atoms with Gasteiger partial charge in [-0.2, -0.15) is 0 Å². The number of hydrogen-bond acceptors (Lipinski definition) is 4. The Morgan fingerprint density at radius 2 is 2.04 bits per heavy atom. The molecular weight excluding hydrogens is 361 g/mol. The Kier molecular flexibility index (Phi) is 4.23. The lowest BCUT2D eigenvalue weighted by Gasteiger charge is -2.09. The molecular formula is C18H13ClFN3OS. The van der Waals surface area contributed by atoms with Gasteiger partial charge in [0.05, 0.1) is 10.6 Å². The smallest absolute Gasteiger partial charge is 0.277 e. The van der Waals surface area contributed by atoms with Crippen molar-refractivity contribution in [2.24, 2.45) is 0 Å². The summed E-state index contributed by atoms with van der Waals surface area (Å²) in [6, 6.07) is 12.6. The van der Waals surface area contributed by atoms with Crippen LogP contribution in [0.2, 0.25) is 5.02 Å². The molecule has 1 atom stereocenters. The highest BCUT2D eigenvalue weighted by molar-refractivity contribution is 7.99. The lowest BCUT2D eigenvalue weighted by molar-refractivity contribution is 0.465. The fourth-order valence-electron chi connectivity index (χ4n) is 2.60. The molecule has 126 valence electrons. The van der Waals surface area contributed by atoms with E-state index in [1.165, 1.54) is 17.8 Å². The zero-order valence-electron chi connectivity index (χ0n) is 13.2. The van der Waals surface area contributed by atoms with Crippen LogP contribution in [-0.4, -0.2) is 15.2 Å². The Bertz CT molecular complexity index is 1050. The van der Waals surface area contributed by atoms with Crippen molar-refractivity contribution in [1.29, 1.82) is 0 Å². The Labute approximate surface area is 152 Å². The summed E-state index contributed by atoms with van der Waals surface area (Å²) in [6.07, 6.45) is 1.86. The van der Waals surface area contributed by atoms with Gasteiger partial charge in [0.15, 0.2) is 0 Å². The number of halogens is 2. The van der Waals surface area contributed by atoms with Gasteiger partial charge < -0.3 is 9.40 Å². The maximum Gasteiger partial charge on any atom is 0.277 e. The molecule has 1 N–H and O–H groups in total. The summed E-state index contributed by atoms with van der Waals surface area (Å²) in [6.45, 7) is 1.98. The summed E-state index contributed by atoms with van der Waals surface area (Å²) in [5.41, 5.74) is 2.77. The van der Waals surface area contributed by atoms with Crippen LogP contribution in [0, 0.1) is 5.82 Å². The molecule has 2 aromatic carbocycles. The largest absolute Gasteiger partial charge is 0.411 e. The second kappa shape index (κ2) is 6.54. The van der Waals surface area contributed by atoms with Crippen molar-refractivity contribution in [3.8, 4) is 11.5 Å². The van der Waals surface area contributed by atoms with E-state index in [1.54, 1.807) is 12.1 Å². The molecule has 0 aliphatic rings. The van der Waals surface area contributed by atoms with Crippen LogP contribution in [0.4, 0.5) is 4.39 Å². The third kappa shape index (κ3) is 3.15. The second-order valence-electron chi connectivity index (χ2n) is 5.55. The molecule has 4 rings (SSSR count). The highest BCUT2D eigenvalue weighted by Gasteiger charge is 2.17. The van der Waals surface area contributed by atoms with Crippen molar-refractivity contribution in [1.82, 2.24) is 15.2 Å². The van der Waals surface area contributed by atoms with Crippen molar-refractivity contribution < 1.29 is 8.81 Å². The molecule has 4 nitrogen and oxygen atoms in total. The number of benzene rings is 2. The molecule has 0 amide bonds. The fraction of sp³-hybridized carbons (Fsp3) is 0.111. The van der Waals surface area contributed by atoms with E-state index >= 15 is 0 Å². The molecule has 1 unspecified atom stereocenters. The van der Waals surface area contributed by atoms with Crippen LogP contribution < -0.4 is 0 Å². The number of aromatic amines is 1. The molecule has 0 fully saturated rings. The molecule has 0 aliphatic carbocycles. The molecule has 0 radical (unpaired) electrons. The second-order valence-corrected chi connectivity index (χ2v) is 7.25. The zero-order chi connectivity index (χ0) is 17.4. The molecule has 0 spiro atoms. The quantitative estimate of drug-likeness (QED) is 0.455. The number of aromatic nitrogens is 3. The molecule has 0 saturated heterocycles.